The second kappa shape index (κ2) is 14.9. The van der Waals surface area contributed by atoms with Crippen LogP contribution in [0.25, 0.3) is 0 Å². The molecule has 2 amide bonds. The molecule has 0 spiro atoms. The zero-order valence-electron chi connectivity index (χ0n) is 20.9. The number of unbranched alkanes of at least 4 members (excludes halogenated alkanes) is 1. The quantitative estimate of drug-likeness (QED) is 0.351. The van der Waals surface area contributed by atoms with Crippen molar-refractivity contribution < 1.29 is 29.0 Å². The van der Waals surface area contributed by atoms with Crippen LogP contribution in [0.3, 0.4) is 0 Å². The molecule has 9 heteroatoms. The Morgan fingerprint density at radius 2 is 1.50 bits per heavy atom. The molecule has 0 heterocycles. The first-order valence-corrected chi connectivity index (χ1v) is 12.8. The number of phenols is 1. The van der Waals surface area contributed by atoms with Gasteiger partial charge < -0.3 is 20.5 Å². The molecule has 2 aromatic carbocycles. The maximum atomic E-state index is 13.2. The predicted octanol–water partition coefficient (Wildman–Crippen LogP) is 3.16. The highest BCUT2D eigenvalue weighted by molar-refractivity contribution is 8.14. The standard InChI is InChI=1S/C27H34N2O6S/c1-4-5-11-22(28-26(33)24(36-18(2)30)17-19-9-7-6-8-10-19)25(32)29-23(27(34)35-3)16-20-12-14-21(31)15-13-20/h6-10,12-15,22-24,31H,4-5,11,16-17H2,1-3H3,(H,28,33)(H,29,32)/t22-,23-,24-/m0/s1. The van der Waals surface area contributed by atoms with E-state index in [2.05, 4.69) is 10.6 Å². The zero-order valence-corrected chi connectivity index (χ0v) is 21.7. The lowest BCUT2D eigenvalue weighted by Crippen LogP contribution is -2.53. The second-order valence-corrected chi connectivity index (χ2v) is 9.83. The first kappa shape index (κ1) is 28.9. The number of hydrogen-bond acceptors (Lipinski definition) is 7. The third-order valence-electron chi connectivity index (χ3n) is 5.52. The molecule has 8 nitrogen and oxygen atoms in total. The van der Waals surface area contributed by atoms with E-state index < -0.39 is 35.1 Å². The minimum atomic E-state index is -0.972. The van der Waals surface area contributed by atoms with Gasteiger partial charge >= 0.3 is 5.97 Å². The zero-order chi connectivity index (χ0) is 26.5. The Kier molecular flexibility index (Phi) is 12.0. The third kappa shape index (κ3) is 9.73. The lowest BCUT2D eigenvalue weighted by atomic mass is 10.0. The molecule has 0 bridgehead atoms. The van der Waals surface area contributed by atoms with Gasteiger partial charge in [-0.1, -0.05) is 74.0 Å². The number of aromatic hydroxyl groups is 1. The van der Waals surface area contributed by atoms with E-state index in [0.29, 0.717) is 19.3 Å². The summed E-state index contributed by atoms with van der Waals surface area (Å²) in [5.41, 5.74) is 1.62. The van der Waals surface area contributed by atoms with E-state index in [1.54, 1.807) is 12.1 Å². The van der Waals surface area contributed by atoms with Crippen LogP contribution in [0.5, 0.6) is 5.75 Å². The van der Waals surface area contributed by atoms with E-state index in [-0.39, 0.29) is 17.3 Å². The topological polar surface area (TPSA) is 122 Å². The molecule has 36 heavy (non-hydrogen) atoms. The number of hydrogen-bond donors (Lipinski definition) is 3. The summed E-state index contributed by atoms with van der Waals surface area (Å²) in [6.45, 7) is 3.38. The average molecular weight is 515 g/mol. The Balaban J connectivity index is 2.16. The number of carbonyl (C=O) groups excluding carboxylic acids is 4. The summed E-state index contributed by atoms with van der Waals surface area (Å²) in [5, 5.41) is 14.1. The third-order valence-corrected chi connectivity index (χ3v) is 6.52. The van der Waals surface area contributed by atoms with Gasteiger partial charge in [-0.15, -0.1) is 0 Å². The molecule has 0 aliphatic carbocycles. The molecule has 0 fully saturated rings. The molecular formula is C27H34N2O6S. The van der Waals surface area contributed by atoms with Gasteiger partial charge in [-0.3, -0.25) is 14.4 Å². The van der Waals surface area contributed by atoms with E-state index in [1.165, 1.54) is 26.2 Å². The lowest BCUT2D eigenvalue weighted by Gasteiger charge is -2.24. The van der Waals surface area contributed by atoms with Gasteiger partial charge in [0.25, 0.3) is 0 Å². The van der Waals surface area contributed by atoms with Gasteiger partial charge in [-0.2, -0.15) is 0 Å². The van der Waals surface area contributed by atoms with Crippen molar-refractivity contribution in [2.75, 3.05) is 7.11 Å². The van der Waals surface area contributed by atoms with Crippen LogP contribution in [-0.2, 0) is 36.8 Å². The summed E-state index contributed by atoms with van der Waals surface area (Å²) in [6, 6.07) is 13.8. The van der Waals surface area contributed by atoms with Crippen LogP contribution >= 0.6 is 11.8 Å². The van der Waals surface area contributed by atoms with E-state index >= 15 is 0 Å². The van der Waals surface area contributed by atoms with E-state index in [9.17, 15) is 24.3 Å². The van der Waals surface area contributed by atoms with Crippen molar-refractivity contribution in [2.24, 2.45) is 0 Å². The highest BCUT2D eigenvalue weighted by atomic mass is 32.2. The normalized spacial score (nSPS) is 13.2. The smallest absolute Gasteiger partial charge is 0.328 e. The number of amides is 2. The Labute approximate surface area is 216 Å². The number of esters is 1. The number of carbonyl (C=O) groups is 4. The van der Waals surface area contributed by atoms with Crippen molar-refractivity contribution >= 4 is 34.7 Å². The highest BCUT2D eigenvalue weighted by Gasteiger charge is 2.30. The molecule has 0 aliphatic heterocycles. The van der Waals surface area contributed by atoms with Crippen LogP contribution in [0.15, 0.2) is 54.6 Å². The fourth-order valence-electron chi connectivity index (χ4n) is 3.63. The molecule has 0 aromatic heterocycles. The first-order chi connectivity index (χ1) is 17.2. The Morgan fingerprint density at radius 3 is 2.08 bits per heavy atom. The molecule has 0 saturated heterocycles. The fraction of sp³-hybridized carbons (Fsp3) is 0.407. The number of nitrogens with one attached hydrogen (secondary N) is 2. The molecule has 3 N–H and O–H groups in total. The lowest BCUT2D eigenvalue weighted by molar-refractivity contribution is -0.145. The maximum absolute atomic E-state index is 13.2. The minimum absolute atomic E-state index is 0.0910. The number of rotatable bonds is 13. The van der Waals surface area contributed by atoms with Crippen molar-refractivity contribution in [3.63, 3.8) is 0 Å². The Morgan fingerprint density at radius 1 is 0.889 bits per heavy atom. The van der Waals surface area contributed by atoms with Crippen LogP contribution in [0.2, 0.25) is 0 Å². The molecule has 0 unspecified atom stereocenters. The number of ether oxygens (including phenoxy) is 1. The van der Waals surface area contributed by atoms with E-state index in [0.717, 1.165) is 29.3 Å². The van der Waals surface area contributed by atoms with Crippen LogP contribution < -0.4 is 10.6 Å². The van der Waals surface area contributed by atoms with Gasteiger partial charge in [0.1, 0.15) is 17.8 Å². The van der Waals surface area contributed by atoms with Gasteiger partial charge in [-0.05, 0) is 36.1 Å². The predicted molar refractivity (Wildman–Crippen MR) is 139 cm³/mol. The van der Waals surface area contributed by atoms with Gasteiger partial charge in [0.15, 0.2) is 5.12 Å². The summed E-state index contributed by atoms with van der Waals surface area (Å²) < 4.78 is 4.87. The average Bonchev–Trinajstić information content (AvgIpc) is 2.86. The van der Waals surface area contributed by atoms with Crippen LogP contribution in [0.1, 0.15) is 44.2 Å². The van der Waals surface area contributed by atoms with E-state index in [1.807, 2.05) is 37.3 Å². The molecule has 194 valence electrons. The number of phenolic OH excluding ortho intramolecular Hbond substituents is 1. The Bertz CT molecular complexity index is 1010. The van der Waals surface area contributed by atoms with Crippen LogP contribution in [0.4, 0.5) is 0 Å². The van der Waals surface area contributed by atoms with Crippen molar-refractivity contribution in [3.05, 3.63) is 65.7 Å². The minimum Gasteiger partial charge on any atom is -0.508 e. The van der Waals surface area contributed by atoms with E-state index in [4.69, 9.17) is 4.74 Å². The number of benzene rings is 2. The van der Waals surface area contributed by atoms with Gasteiger partial charge in [0.2, 0.25) is 11.8 Å². The van der Waals surface area contributed by atoms with Crippen molar-refractivity contribution in [2.45, 2.75) is 63.3 Å². The molecule has 2 rings (SSSR count). The molecule has 0 radical (unpaired) electrons. The van der Waals surface area contributed by atoms with Crippen LogP contribution in [0, 0.1) is 0 Å². The summed E-state index contributed by atoms with van der Waals surface area (Å²) in [7, 11) is 1.24. The fourth-order valence-corrected chi connectivity index (χ4v) is 4.49. The molecule has 3 atom stereocenters. The number of thioether (sulfide) groups is 1. The largest absolute Gasteiger partial charge is 0.508 e. The molecule has 0 saturated carbocycles. The first-order valence-electron chi connectivity index (χ1n) is 11.9. The maximum Gasteiger partial charge on any atom is 0.328 e. The van der Waals surface area contributed by atoms with Crippen molar-refractivity contribution in [3.8, 4) is 5.75 Å². The van der Waals surface area contributed by atoms with Gasteiger partial charge in [-0.25, -0.2) is 4.79 Å². The summed E-state index contributed by atoms with van der Waals surface area (Å²) >= 11 is 0.928. The summed E-state index contributed by atoms with van der Waals surface area (Å²) in [5.74, 6) is -1.44. The summed E-state index contributed by atoms with van der Waals surface area (Å²) in [4.78, 5) is 50.6. The number of methoxy groups -OCH3 is 1. The van der Waals surface area contributed by atoms with Crippen molar-refractivity contribution in [1.29, 1.82) is 0 Å². The molecular weight excluding hydrogens is 480 g/mol. The Hall–Kier alpha value is -3.33. The van der Waals surface area contributed by atoms with Gasteiger partial charge in [0, 0.05) is 13.3 Å². The van der Waals surface area contributed by atoms with Gasteiger partial charge in [0.05, 0.1) is 12.4 Å². The highest BCUT2D eigenvalue weighted by Crippen LogP contribution is 2.19. The molecule has 0 aliphatic rings. The van der Waals surface area contributed by atoms with Crippen LogP contribution in [-0.4, -0.2) is 52.4 Å². The summed E-state index contributed by atoms with van der Waals surface area (Å²) in [6.07, 6.45) is 2.37. The second-order valence-electron chi connectivity index (χ2n) is 8.45. The SMILES string of the molecule is CCCC[C@H](NC(=O)[C@H](Cc1ccccc1)SC(C)=O)C(=O)N[C@@H](Cc1ccc(O)cc1)C(=O)OC. The molecule has 2 aromatic rings. The monoisotopic (exact) mass is 514 g/mol. The van der Waals surface area contributed by atoms with Crippen molar-refractivity contribution in [1.82, 2.24) is 10.6 Å².